The van der Waals surface area contributed by atoms with E-state index >= 15 is 0 Å². The first-order valence-electron chi connectivity index (χ1n) is 8.95. The van der Waals surface area contributed by atoms with E-state index in [1.807, 2.05) is 24.3 Å². The fraction of sp³-hybridized carbons (Fsp3) is 0.429. The van der Waals surface area contributed by atoms with E-state index < -0.39 is 0 Å². The minimum Gasteiger partial charge on any atom is -0.493 e. The smallest absolute Gasteiger partial charge is 0.122 e. The standard InChI is InChI=1S/C21H26ClNO2/c1-23-15-20(24)14-19(23)11-12-25-21-10-9-18(22)13-17(21)8-7-16-5-3-2-4-6-16/h2-6,9-10,13,19-20,24H,7-8,11-12,14-15H2,1H3. The van der Waals surface area contributed by atoms with Gasteiger partial charge in [0.25, 0.3) is 0 Å². The molecule has 1 N–H and O–H groups in total. The Morgan fingerprint density at radius 2 is 1.96 bits per heavy atom. The molecule has 25 heavy (non-hydrogen) atoms. The summed E-state index contributed by atoms with van der Waals surface area (Å²) < 4.78 is 6.06. The second-order valence-corrected chi connectivity index (χ2v) is 7.29. The molecule has 0 bridgehead atoms. The number of hydrogen-bond acceptors (Lipinski definition) is 3. The maximum Gasteiger partial charge on any atom is 0.122 e. The van der Waals surface area contributed by atoms with Gasteiger partial charge in [-0.3, -0.25) is 0 Å². The Balaban J connectivity index is 1.57. The molecule has 0 amide bonds. The second kappa shape index (κ2) is 8.70. The number of likely N-dealkylation sites (tertiary alicyclic amines) is 1. The van der Waals surface area contributed by atoms with E-state index in [4.69, 9.17) is 16.3 Å². The Labute approximate surface area is 155 Å². The van der Waals surface area contributed by atoms with Crippen LogP contribution in [0.25, 0.3) is 0 Å². The molecule has 0 spiro atoms. The highest BCUT2D eigenvalue weighted by Crippen LogP contribution is 2.26. The van der Waals surface area contributed by atoms with Crippen LogP contribution >= 0.6 is 11.6 Å². The maximum atomic E-state index is 9.74. The van der Waals surface area contributed by atoms with E-state index in [0.717, 1.165) is 48.6 Å². The van der Waals surface area contributed by atoms with Crippen molar-refractivity contribution in [2.75, 3.05) is 20.2 Å². The summed E-state index contributed by atoms with van der Waals surface area (Å²) in [5, 5.41) is 10.5. The maximum absolute atomic E-state index is 9.74. The first kappa shape index (κ1) is 18.2. The van der Waals surface area contributed by atoms with Crippen LogP contribution in [-0.2, 0) is 12.8 Å². The van der Waals surface area contributed by atoms with E-state index in [0.29, 0.717) is 12.6 Å². The molecule has 2 atom stereocenters. The van der Waals surface area contributed by atoms with Crippen LogP contribution in [0.3, 0.4) is 0 Å². The van der Waals surface area contributed by atoms with Crippen molar-refractivity contribution in [2.24, 2.45) is 0 Å². The lowest BCUT2D eigenvalue weighted by atomic mass is 10.0. The van der Waals surface area contributed by atoms with Gasteiger partial charge in [-0.1, -0.05) is 41.9 Å². The number of aliphatic hydroxyl groups is 1. The summed E-state index contributed by atoms with van der Waals surface area (Å²) in [4.78, 5) is 2.21. The molecule has 4 heteroatoms. The zero-order chi connectivity index (χ0) is 17.6. The molecule has 2 aromatic carbocycles. The summed E-state index contributed by atoms with van der Waals surface area (Å²) >= 11 is 6.18. The average molecular weight is 360 g/mol. The van der Waals surface area contributed by atoms with Crippen LogP contribution < -0.4 is 4.74 Å². The molecule has 0 aliphatic carbocycles. The lowest BCUT2D eigenvalue weighted by molar-refractivity contribution is 0.182. The van der Waals surface area contributed by atoms with Gasteiger partial charge in [-0.05, 0) is 62.1 Å². The Kier molecular flexibility index (Phi) is 6.35. The van der Waals surface area contributed by atoms with Gasteiger partial charge in [0, 0.05) is 17.6 Å². The van der Waals surface area contributed by atoms with Crippen molar-refractivity contribution < 1.29 is 9.84 Å². The number of nitrogens with zero attached hydrogens (tertiary/aromatic N) is 1. The molecule has 1 aliphatic rings. The molecular weight excluding hydrogens is 334 g/mol. The van der Waals surface area contributed by atoms with Gasteiger partial charge in [-0.25, -0.2) is 0 Å². The predicted molar refractivity (Wildman–Crippen MR) is 102 cm³/mol. The summed E-state index contributed by atoms with van der Waals surface area (Å²) in [5.74, 6) is 0.918. The molecule has 2 unspecified atom stereocenters. The number of aliphatic hydroxyl groups excluding tert-OH is 1. The van der Waals surface area contributed by atoms with E-state index in [1.54, 1.807) is 0 Å². The number of ether oxygens (including phenoxy) is 1. The fourth-order valence-electron chi connectivity index (χ4n) is 3.50. The SMILES string of the molecule is CN1CC(O)CC1CCOc1ccc(Cl)cc1CCc1ccccc1. The molecule has 3 nitrogen and oxygen atoms in total. The number of likely N-dealkylation sites (N-methyl/N-ethyl adjacent to an activating group) is 1. The van der Waals surface area contributed by atoms with Gasteiger partial charge in [0.05, 0.1) is 12.7 Å². The Bertz CT molecular complexity index is 677. The lowest BCUT2D eigenvalue weighted by Gasteiger charge is -2.19. The summed E-state index contributed by atoms with van der Waals surface area (Å²) in [6.07, 6.45) is 3.43. The third-order valence-corrected chi connectivity index (χ3v) is 5.16. The molecular formula is C21H26ClNO2. The molecule has 1 aliphatic heterocycles. The summed E-state index contributed by atoms with van der Waals surface area (Å²) in [6.45, 7) is 1.41. The van der Waals surface area contributed by atoms with Crippen molar-refractivity contribution in [1.29, 1.82) is 0 Å². The van der Waals surface area contributed by atoms with Crippen LogP contribution in [0.15, 0.2) is 48.5 Å². The largest absolute Gasteiger partial charge is 0.493 e. The molecule has 0 radical (unpaired) electrons. The lowest BCUT2D eigenvalue weighted by Crippen LogP contribution is -2.26. The molecule has 1 heterocycles. The highest BCUT2D eigenvalue weighted by molar-refractivity contribution is 6.30. The number of aryl methyl sites for hydroxylation is 2. The van der Waals surface area contributed by atoms with Gasteiger partial charge in [-0.2, -0.15) is 0 Å². The highest BCUT2D eigenvalue weighted by atomic mass is 35.5. The second-order valence-electron chi connectivity index (χ2n) is 6.86. The number of hydrogen-bond donors (Lipinski definition) is 1. The average Bonchev–Trinajstić information content (AvgIpc) is 2.93. The predicted octanol–water partition coefficient (Wildman–Crippen LogP) is 3.96. The van der Waals surface area contributed by atoms with Gasteiger partial charge >= 0.3 is 0 Å². The van der Waals surface area contributed by atoms with Crippen LogP contribution in [0, 0.1) is 0 Å². The van der Waals surface area contributed by atoms with Crippen LogP contribution in [0.1, 0.15) is 24.0 Å². The van der Waals surface area contributed by atoms with Crippen LogP contribution in [0.2, 0.25) is 5.02 Å². The van der Waals surface area contributed by atoms with Crippen LogP contribution in [-0.4, -0.2) is 42.4 Å². The quantitative estimate of drug-likeness (QED) is 0.812. The van der Waals surface area contributed by atoms with Crippen molar-refractivity contribution in [3.63, 3.8) is 0 Å². The molecule has 0 aromatic heterocycles. The van der Waals surface area contributed by atoms with E-state index in [-0.39, 0.29) is 6.10 Å². The van der Waals surface area contributed by atoms with Gasteiger partial charge in [0.1, 0.15) is 5.75 Å². The Hall–Kier alpha value is -1.55. The minimum absolute atomic E-state index is 0.202. The normalized spacial score (nSPS) is 20.8. The van der Waals surface area contributed by atoms with E-state index in [9.17, 15) is 5.11 Å². The van der Waals surface area contributed by atoms with Gasteiger partial charge in [0.2, 0.25) is 0 Å². The molecule has 2 aromatic rings. The number of β-amino-alcohol motifs (C(OH)–C–C–N with tert-alkyl or cyclic N) is 1. The monoisotopic (exact) mass is 359 g/mol. The first-order valence-corrected chi connectivity index (χ1v) is 9.33. The van der Waals surface area contributed by atoms with Crippen molar-refractivity contribution in [3.8, 4) is 5.75 Å². The Morgan fingerprint density at radius 3 is 2.68 bits per heavy atom. The van der Waals surface area contributed by atoms with E-state index in [2.05, 4.69) is 36.2 Å². The Morgan fingerprint density at radius 1 is 1.16 bits per heavy atom. The third kappa shape index (κ3) is 5.21. The van der Waals surface area contributed by atoms with Gasteiger partial charge in [-0.15, -0.1) is 0 Å². The third-order valence-electron chi connectivity index (χ3n) is 4.92. The number of benzene rings is 2. The molecule has 3 rings (SSSR count). The fourth-order valence-corrected chi connectivity index (χ4v) is 3.70. The first-order chi connectivity index (χ1) is 12.1. The summed E-state index contributed by atoms with van der Waals surface area (Å²) in [7, 11) is 2.06. The molecule has 134 valence electrons. The zero-order valence-electron chi connectivity index (χ0n) is 14.7. The van der Waals surface area contributed by atoms with Crippen LogP contribution in [0.5, 0.6) is 5.75 Å². The topological polar surface area (TPSA) is 32.7 Å². The van der Waals surface area contributed by atoms with Crippen molar-refractivity contribution in [1.82, 2.24) is 4.90 Å². The van der Waals surface area contributed by atoms with E-state index in [1.165, 1.54) is 5.56 Å². The van der Waals surface area contributed by atoms with Gasteiger partial charge in [0.15, 0.2) is 0 Å². The summed E-state index contributed by atoms with van der Waals surface area (Å²) in [5.41, 5.74) is 2.46. The molecule has 1 saturated heterocycles. The molecule has 1 fully saturated rings. The zero-order valence-corrected chi connectivity index (χ0v) is 15.5. The van der Waals surface area contributed by atoms with Crippen molar-refractivity contribution >= 4 is 11.6 Å². The highest BCUT2D eigenvalue weighted by Gasteiger charge is 2.27. The van der Waals surface area contributed by atoms with Crippen LogP contribution in [0.4, 0.5) is 0 Å². The number of halogens is 1. The molecule has 0 saturated carbocycles. The number of rotatable bonds is 7. The van der Waals surface area contributed by atoms with Gasteiger partial charge < -0.3 is 14.7 Å². The summed E-state index contributed by atoms with van der Waals surface area (Å²) in [6, 6.07) is 16.7. The van der Waals surface area contributed by atoms with Crippen molar-refractivity contribution in [2.45, 2.75) is 37.8 Å². The van der Waals surface area contributed by atoms with Crippen molar-refractivity contribution in [3.05, 3.63) is 64.7 Å². The minimum atomic E-state index is -0.202.